The lowest BCUT2D eigenvalue weighted by Gasteiger charge is -2.31. The average Bonchev–Trinajstić information content (AvgIpc) is 3.00. The van der Waals surface area contributed by atoms with Crippen LogP contribution in [0.25, 0.3) is 11.1 Å². The Morgan fingerprint density at radius 2 is 1.28 bits per heavy atom. The highest BCUT2D eigenvalue weighted by Crippen LogP contribution is 2.28. The minimum Gasteiger partial charge on any atom is -0.467 e. The van der Waals surface area contributed by atoms with Gasteiger partial charge >= 0.3 is 5.97 Å². The number of benzene rings is 4. The largest absolute Gasteiger partial charge is 0.467 e. The molecule has 0 aromatic heterocycles. The van der Waals surface area contributed by atoms with Crippen molar-refractivity contribution in [3.8, 4) is 11.1 Å². The van der Waals surface area contributed by atoms with E-state index in [4.69, 9.17) is 4.74 Å². The van der Waals surface area contributed by atoms with Crippen molar-refractivity contribution in [1.82, 2.24) is 0 Å². The van der Waals surface area contributed by atoms with Gasteiger partial charge in [0.1, 0.15) is 6.04 Å². The summed E-state index contributed by atoms with van der Waals surface area (Å²) in [6, 6.07) is 35.4. The Kier molecular flexibility index (Phi) is 9.70. The van der Waals surface area contributed by atoms with E-state index in [9.17, 15) is 14.4 Å². The molecule has 0 N–H and O–H groups in total. The number of ether oxygens (including phenoxy) is 1. The summed E-state index contributed by atoms with van der Waals surface area (Å²) in [7, 11) is 1.32. The zero-order chi connectivity index (χ0) is 27.6. The molecule has 6 heteroatoms. The number of thioether (sulfide) groups is 1. The van der Waals surface area contributed by atoms with Crippen LogP contribution in [0.1, 0.15) is 22.8 Å². The van der Waals surface area contributed by atoms with Crippen molar-refractivity contribution in [2.24, 2.45) is 5.92 Å². The van der Waals surface area contributed by atoms with E-state index in [1.807, 2.05) is 103 Å². The third-order valence-electron chi connectivity index (χ3n) is 6.52. The van der Waals surface area contributed by atoms with Crippen LogP contribution in [-0.4, -0.2) is 35.9 Å². The van der Waals surface area contributed by atoms with Gasteiger partial charge in [-0.15, -0.1) is 0 Å². The molecule has 4 rings (SSSR count). The zero-order valence-corrected chi connectivity index (χ0v) is 22.8. The van der Waals surface area contributed by atoms with Crippen LogP contribution in [0.5, 0.6) is 0 Å². The topological polar surface area (TPSA) is 63.7 Å². The normalized spacial score (nSPS) is 12.3. The molecule has 39 heavy (non-hydrogen) atoms. The van der Waals surface area contributed by atoms with Gasteiger partial charge in [-0.2, -0.15) is 0 Å². The fourth-order valence-corrected chi connectivity index (χ4v) is 5.33. The van der Waals surface area contributed by atoms with E-state index < -0.39 is 17.9 Å². The van der Waals surface area contributed by atoms with Gasteiger partial charge in [-0.25, -0.2) is 4.79 Å². The highest BCUT2D eigenvalue weighted by molar-refractivity contribution is 8.14. The number of esters is 1. The van der Waals surface area contributed by atoms with Crippen LogP contribution in [0, 0.1) is 5.92 Å². The number of hydrogen-bond donors (Lipinski definition) is 0. The van der Waals surface area contributed by atoms with E-state index in [-0.39, 0.29) is 16.8 Å². The number of rotatable bonds is 10. The number of hydrogen-bond acceptors (Lipinski definition) is 5. The van der Waals surface area contributed by atoms with Crippen molar-refractivity contribution in [2.45, 2.75) is 19.4 Å². The smallest absolute Gasteiger partial charge is 0.328 e. The Balaban J connectivity index is 1.64. The van der Waals surface area contributed by atoms with Crippen molar-refractivity contribution in [2.75, 3.05) is 17.8 Å². The fraction of sp³-hybridized carbons (Fsp3) is 0.182. The molecule has 0 aliphatic carbocycles. The second kappa shape index (κ2) is 13.6. The van der Waals surface area contributed by atoms with Crippen molar-refractivity contribution >= 4 is 34.4 Å². The van der Waals surface area contributed by atoms with Gasteiger partial charge in [0, 0.05) is 17.0 Å². The second-order valence-electron chi connectivity index (χ2n) is 9.17. The summed E-state index contributed by atoms with van der Waals surface area (Å²) in [4.78, 5) is 41.3. The predicted octanol–water partition coefficient (Wildman–Crippen LogP) is 6.68. The molecule has 2 atom stereocenters. The minimum absolute atomic E-state index is 0.0961. The molecule has 4 aromatic carbocycles. The lowest BCUT2D eigenvalue weighted by molar-refractivity contribution is -0.143. The van der Waals surface area contributed by atoms with Gasteiger partial charge in [-0.1, -0.05) is 115 Å². The van der Waals surface area contributed by atoms with Crippen LogP contribution in [0.4, 0.5) is 5.69 Å². The highest BCUT2D eigenvalue weighted by atomic mass is 32.2. The van der Waals surface area contributed by atoms with E-state index in [1.54, 1.807) is 19.1 Å². The van der Waals surface area contributed by atoms with Crippen LogP contribution in [0.3, 0.4) is 0 Å². The van der Waals surface area contributed by atoms with E-state index >= 15 is 0 Å². The van der Waals surface area contributed by atoms with Crippen molar-refractivity contribution in [1.29, 1.82) is 0 Å². The van der Waals surface area contributed by atoms with Crippen LogP contribution in [-0.2, 0) is 20.7 Å². The van der Waals surface area contributed by atoms with Crippen LogP contribution in [0.2, 0.25) is 0 Å². The first-order valence-electron chi connectivity index (χ1n) is 12.8. The molecule has 198 valence electrons. The van der Waals surface area contributed by atoms with E-state index in [2.05, 4.69) is 0 Å². The first kappa shape index (κ1) is 27.9. The second-order valence-corrected chi connectivity index (χ2v) is 10.2. The van der Waals surface area contributed by atoms with E-state index in [0.29, 0.717) is 17.7 Å². The van der Waals surface area contributed by atoms with Gasteiger partial charge in [0.05, 0.1) is 13.0 Å². The molecule has 0 aliphatic rings. The molecule has 5 nitrogen and oxygen atoms in total. The molecule has 0 saturated carbocycles. The van der Waals surface area contributed by atoms with Gasteiger partial charge < -0.3 is 4.74 Å². The molecular formula is C33H31NO4S. The predicted molar refractivity (Wildman–Crippen MR) is 158 cm³/mol. The Labute approximate surface area is 233 Å². The fourth-order valence-electron chi connectivity index (χ4n) is 4.41. The number of methoxy groups -OCH3 is 1. The molecule has 4 aromatic rings. The Morgan fingerprint density at radius 3 is 1.87 bits per heavy atom. The SMILES string of the molecule is COC(=O)[C@H](C)N(C(=O)C(CSC(=O)c1ccccc1)Cc1ccccc1)c1ccc(-c2ccccc2)cc1. The summed E-state index contributed by atoms with van der Waals surface area (Å²) < 4.78 is 5.02. The van der Waals surface area contributed by atoms with Gasteiger partial charge in [-0.05, 0) is 42.2 Å². The van der Waals surface area contributed by atoms with Crippen LogP contribution < -0.4 is 4.90 Å². The number of nitrogens with zero attached hydrogens (tertiary/aromatic N) is 1. The first-order chi connectivity index (χ1) is 19.0. The lowest BCUT2D eigenvalue weighted by Crippen LogP contribution is -2.47. The molecule has 0 bridgehead atoms. The van der Waals surface area contributed by atoms with Gasteiger partial charge in [0.2, 0.25) is 11.0 Å². The van der Waals surface area contributed by atoms with Gasteiger partial charge in [0.15, 0.2) is 0 Å². The zero-order valence-electron chi connectivity index (χ0n) is 22.0. The molecule has 0 heterocycles. The maximum atomic E-state index is 14.2. The molecule has 0 fully saturated rings. The first-order valence-corrected chi connectivity index (χ1v) is 13.8. The van der Waals surface area contributed by atoms with Crippen molar-refractivity contribution in [3.63, 3.8) is 0 Å². The third-order valence-corrected chi connectivity index (χ3v) is 7.59. The van der Waals surface area contributed by atoms with Crippen LogP contribution >= 0.6 is 11.8 Å². The van der Waals surface area contributed by atoms with Gasteiger partial charge in [0.25, 0.3) is 0 Å². The van der Waals surface area contributed by atoms with Gasteiger partial charge in [-0.3, -0.25) is 14.5 Å². The summed E-state index contributed by atoms with van der Waals surface area (Å²) in [5, 5.41) is -0.0961. The highest BCUT2D eigenvalue weighted by Gasteiger charge is 2.33. The molecule has 0 saturated heterocycles. The maximum Gasteiger partial charge on any atom is 0.328 e. The quantitative estimate of drug-likeness (QED) is 0.211. The molecule has 0 spiro atoms. The van der Waals surface area contributed by atoms with Crippen molar-refractivity contribution < 1.29 is 19.1 Å². The number of carbonyl (C=O) groups is 3. The summed E-state index contributed by atoms with van der Waals surface area (Å²) in [5.41, 5.74) is 4.22. The monoisotopic (exact) mass is 537 g/mol. The number of amides is 1. The molecule has 0 radical (unpaired) electrons. The summed E-state index contributed by atoms with van der Waals surface area (Å²) >= 11 is 1.12. The maximum absolute atomic E-state index is 14.2. The number of anilines is 1. The van der Waals surface area contributed by atoms with Crippen molar-refractivity contribution in [3.05, 3.63) is 126 Å². The lowest BCUT2D eigenvalue weighted by atomic mass is 9.98. The summed E-state index contributed by atoms with van der Waals surface area (Å²) in [5.74, 6) is -1.03. The average molecular weight is 538 g/mol. The molecular weight excluding hydrogens is 506 g/mol. The Bertz CT molecular complexity index is 1380. The number of carbonyl (C=O) groups excluding carboxylic acids is 3. The summed E-state index contributed by atoms with van der Waals surface area (Å²) in [6.45, 7) is 1.66. The molecule has 1 unspecified atom stereocenters. The molecule has 1 amide bonds. The van der Waals surface area contributed by atoms with E-state index in [0.717, 1.165) is 28.5 Å². The molecule has 0 aliphatic heterocycles. The third kappa shape index (κ3) is 7.24. The standard InChI is InChI=1S/C33H31NO4S/c1-24(32(36)38-2)34(30-20-18-27(19-21-30)26-14-8-4-9-15-26)31(35)29(22-25-12-6-3-7-13-25)23-39-33(37)28-16-10-5-11-17-28/h3-21,24,29H,22-23H2,1-2H3/t24-,29?/m0/s1. The van der Waals surface area contributed by atoms with E-state index in [1.165, 1.54) is 12.0 Å². The summed E-state index contributed by atoms with van der Waals surface area (Å²) in [6.07, 6.45) is 0.432. The Hall–Kier alpha value is -4.16. The minimum atomic E-state index is -0.849. The Morgan fingerprint density at radius 1 is 0.744 bits per heavy atom. The van der Waals surface area contributed by atoms with Crippen LogP contribution in [0.15, 0.2) is 115 Å².